The summed E-state index contributed by atoms with van der Waals surface area (Å²) in [5.74, 6) is 0.0694. The second-order valence-corrected chi connectivity index (χ2v) is 1.00. The highest BCUT2D eigenvalue weighted by atomic mass is 19.1. The van der Waals surface area contributed by atoms with E-state index in [9.17, 15) is 4.39 Å². The number of ether oxygens (including phenoxy) is 1. The van der Waals surface area contributed by atoms with Crippen LogP contribution >= 0.6 is 0 Å². The van der Waals surface area contributed by atoms with Crippen molar-refractivity contribution in [2.45, 2.75) is 0 Å². The Morgan fingerprint density at radius 1 is 1.50 bits per heavy atom. The molecule has 0 aliphatic rings. The van der Waals surface area contributed by atoms with Crippen molar-refractivity contribution in [2.75, 3.05) is 0 Å². The predicted octanol–water partition coefficient (Wildman–Crippen LogP) is 2.14. The van der Waals surface area contributed by atoms with Crippen molar-refractivity contribution in [3.8, 4) is 0 Å². The maximum absolute atomic E-state index is 11.4. The molecule has 0 radical (unpaired) electrons. The third kappa shape index (κ3) is 2.18. The fourth-order valence-corrected chi connectivity index (χ4v) is 0.215. The zero-order valence-corrected chi connectivity index (χ0v) is 4.43. The summed E-state index contributed by atoms with van der Waals surface area (Å²) in [7, 11) is 0. The van der Waals surface area contributed by atoms with E-state index >= 15 is 0 Å². The van der Waals surface area contributed by atoms with E-state index in [4.69, 9.17) is 0 Å². The van der Waals surface area contributed by atoms with Gasteiger partial charge in [-0.2, -0.15) is 0 Å². The molecule has 0 aromatic carbocycles. The average Bonchev–Trinajstić information content (AvgIpc) is 1.83. The fourth-order valence-electron chi connectivity index (χ4n) is 0.215. The molecule has 1 nitrogen and oxygen atoms in total. The summed E-state index contributed by atoms with van der Waals surface area (Å²) < 4.78 is 15.9. The van der Waals surface area contributed by atoms with Gasteiger partial charge in [-0.1, -0.05) is 13.2 Å². The van der Waals surface area contributed by atoms with E-state index in [2.05, 4.69) is 17.9 Å². The zero-order chi connectivity index (χ0) is 6.41. The van der Waals surface area contributed by atoms with Crippen LogP contribution in [0.5, 0.6) is 0 Å². The maximum atomic E-state index is 11.4. The van der Waals surface area contributed by atoms with Crippen molar-refractivity contribution in [1.82, 2.24) is 0 Å². The van der Waals surface area contributed by atoms with Crippen LogP contribution in [0.1, 0.15) is 0 Å². The minimum Gasteiger partial charge on any atom is -0.463 e. The minimum atomic E-state index is 0.0694. The molecular weight excluding hydrogens is 107 g/mol. The molecule has 44 valence electrons. The van der Waals surface area contributed by atoms with Gasteiger partial charge < -0.3 is 4.74 Å². The summed E-state index contributed by atoms with van der Waals surface area (Å²) in [6, 6.07) is 0. The van der Waals surface area contributed by atoms with Gasteiger partial charge >= 0.3 is 0 Å². The highest BCUT2D eigenvalue weighted by Crippen LogP contribution is 1.97. The molecule has 0 aromatic heterocycles. The molecule has 0 rings (SSSR count). The van der Waals surface area contributed by atoms with E-state index < -0.39 is 0 Å². The molecule has 0 aromatic rings. The van der Waals surface area contributed by atoms with Crippen LogP contribution in [0, 0.1) is 0 Å². The Morgan fingerprint density at radius 2 is 2.12 bits per heavy atom. The lowest BCUT2D eigenvalue weighted by Gasteiger charge is -1.92. The summed E-state index contributed by atoms with van der Waals surface area (Å²) >= 11 is 0. The Morgan fingerprint density at radius 3 is 2.25 bits per heavy atom. The number of rotatable bonds is 3. The molecule has 0 fully saturated rings. The molecular formula is C6H7FO. The topological polar surface area (TPSA) is 9.23 Å². The van der Waals surface area contributed by atoms with Gasteiger partial charge in [0.1, 0.15) is 6.33 Å². The summed E-state index contributed by atoms with van der Waals surface area (Å²) in [6.07, 6.45) is 2.70. The molecule has 0 saturated carbocycles. The minimum absolute atomic E-state index is 0.0694. The van der Waals surface area contributed by atoms with Crippen molar-refractivity contribution < 1.29 is 9.13 Å². The Kier molecular flexibility index (Phi) is 3.58. The molecule has 0 unspecified atom stereocenters. The zero-order valence-electron chi connectivity index (χ0n) is 4.43. The maximum Gasteiger partial charge on any atom is 0.154 e. The lowest BCUT2D eigenvalue weighted by atomic mass is 10.5. The normalized spacial score (nSPS) is 10.4. The molecule has 8 heavy (non-hydrogen) atoms. The quantitative estimate of drug-likeness (QED) is 0.403. The van der Waals surface area contributed by atoms with Crippen molar-refractivity contribution in [3.05, 3.63) is 37.6 Å². The van der Waals surface area contributed by atoms with Crippen LogP contribution in [0.25, 0.3) is 0 Å². The first-order valence-corrected chi connectivity index (χ1v) is 2.05. The molecule has 0 N–H and O–H groups in total. The molecule has 0 bridgehead atoms. The number of hydrogen-bond donors (Lipinski definition) is 0. The Labute approximate surface area is 47.8 Å². The fraction of sp³-hybridized carbons (Fsp3) is 0. The van der Waals surface area contributed by atoms with Gasteiger partial charge in [0.2, 0.25) is 0 Å². The lowest BCUT2D eigenvalue weighted by molar-refractivity contribution is 0.359. The molecule has 0 aliphatic carbocycles. The molecule has 0 amide bonds. The lowest BCUT2D eigenvalue weighted by Crippen LogP contribution is -1.74. The van der Waals surface area contributed by atoms with Crippen molar-refractivity contribution >= 4 is 0 Å². The van der Waals surface area contributed by atoms with Crippen LogP contribution in [0.2, 0.25) is 0 Å². The van der Waals surface area contributed by atoms with Gasteiger partial charge in [-0.05, 0) is 6.08 Å². The van der Waals surface area contributed by atoms with Gasteiger partial charge in [0.05, 0.1) is 6.26 Å². The first-order valence-electron chi connectivity index (χ1n) is 2.05. The third-order valence-corrected chi connectivity index (χ3v) is 0.528. The van der Waals surface area contributed by atoms with E-state index in [1.54, 1.807) is 0 Å². The molecule has 0 spiro atoms. The average molecular weight is 114 g/mol. The van der Waals surface area contributed by atoms with Gasteiger partial charge in [0, 0.05) is 0 Å². The molecule has 2 heteroatoms. The van der Waals surface area contributed by atoms with E-state index in [-0.39, 0.29) is 5.76 Å². The number of halogens is 1. The van der Waals surface area contributed by atoms with Gasteiger partial charge in [-0.15, -0.1) is 0 Å². The largest absolute Gasteiger partial charge is 0.463 e. The van der Waals surface area contributed by atoms with E-state index in [0.717, 1.165) is 6.26 Å². The van der Waals surface area contributed by atoms with Crippen LogP contribution in [0.15, 0.2) is 37.6 Å². The van der Waals surface area contributed by atoms with Crippen LogP contribution < -0.4 is 0 Å². The smallest absolute Gasteiger partial charge is 0.154 e. The molecule has 0 aliphatic heterocycles. The monoisotopic (exact) mass is 114 g/mol. The number of allylic oxidation sites excluding steroid dienone is 1. The van der Waals surface area contributed by atoms with Gasteiger partial charge in [0.25, 0.3) is 0 Å². The van der Waals surface area contributed by atoms with Crippen LogP contribution in [-0.2, 0) is 4.74 Å². The van der Waals surface area contributed by atoms with E-state index in [0.29, 0.717) is 6.33 Å². The van der Waals surface area contributed by atoms with Gasteiger partial charge in [0.15, 0.2) is 5.76 Å². The predicted molar refractivity (Wildman–Crippen MR) is 30.7 cm³/mol. The van der Waals surface area contributed by atoms with Crippen molar-refractivity contribution in [1.29, 1.82) is 0 Å². The highest BCUT2D eigenvalue weighted by Gasteiger charge is 1.83. The number of hydrogen-bond acceptors (Lipinski definition) is 1. The Balaban J connectivity index is 3.71. The summed E-state index contributed by atoms with van der Waals surface area (Å²) in [4.78, 5) is 0. The Bertz CT molecular complexity index is 116. The van der Waals surface area contributed by atoms with Crippen molar-refractivity contribution in [3.63, 3.8) is 0 Å². The summed E-state index contributed by atoms with van der Waals surface area (Å²) in [5.41, 5.74) is 0. The van der Waals surface area contributed by atoms with Crippen LogP contribution in [0.4, 0.5) is 4.39 Å². The second kappa shape index (κ2) is 4.12. The van der Waals surface area contributed by atoms with Crippen LogP contribution in [-0.4, -0.2) is 0 Å². The first kappa shape index (κ1) is 6.95. The van der Waals surface area contributed by atoms with E-state index in [1.165, 1.54) is 6.08 Å². The van der Waals surface area contributed by atoms with E-state index in [1.807, 2.05) is 0 Å². The molecule has 0 heterocycles. The first-order chi connectivity index (χ1) is 3.85. The highest BCUT2D eigenvalue weighted by molar-refractivity contribution is 5.05. The van der Waals surface area contributed by atoms with Gasteiger partial charge in [-0.3, -0.25) is 0 Å². The van der Waals surface area contributed by atoms with Gasteiger partial charge in [-0.25, -0.2) is 4.39 Å². The molecule has 0 saturated heterocycles. The SMILES string of the molecule is C=CO/C(C=C)=C\F. The second-order valence-electron chi connectivity index (χ2n) is 1.00. The Hall–Kier alpha value is -1.05. The molecule has 0 atom stereocenters. The third-order valence-electron chi connectivity index (χ3n) is 0.528. The standard InChI is InChI=1S/C6H7FO/c1-3-6(5-7)8-4-2/h3-5H,1-2H2/b6-5-. The summed E-state index contributed by atoms with van der Waals surface area (Å²) in [5, 5.41) is 0. The summed E-state index contributed by atoms with van der Waals surface area (Å²) in [6.45, 7) is 6.49. The van der Waals surface area contributed by atoms with Crippen molar-refractivity contribution in [2.24, 2.45) is 0 Å². The van der Waals surface area contributed by atoms with Crippen LogP contribution in [0.3, 0.4) is 0 Å².